The maximum atomic E-state index is 13.2. The number of nitrogens with zero attached hydrogens (tertiary/aromatic N) is 3. The molecular weight excluding hydrogens is 324 g/mol. The first-order chi connectivity index (χ1) is 12.1. The summed E-state index contributed by atoms with van der Waals surface area (Å²) in [5.41, 5.74) is 3.54. The number of halogens is 2. The second-order valence-corrected chi connectivity index (χ2v) is 5.61. The summed E-state index contributed by atoms with van der Waals surface area (Å²) < 4.78 is 33.4. The van der Waals surface area contributed by atoms with Crippen molar-refractivity contribution in [3.8, 4) is 28.2 Å². The van der Waals surface area contributed by atoms with Crippen molar-refractivity contribution in [2.24, 2.45) is 0 Å². The van der Waals surface area contributed by atoms with Crippen molar-refractivity contribution in [2.45, 2.75) is 6.92 Å². The van der Waals surface area contributed by atoms with Gasteiger partial charge in [-0.1, -0.05) is 5.16 Å². The average Bonchev–Trinajstić information content (AvgIpc) is 3.23. The largest absolute Gasteiger partial charge is 0.360 e. The molecule has 0 radical (unpaired) electrons. The lowest BCUT2D eigenvalue weighted by Gasteiger charge is -2.01. The zero-order valence-corrected chi connectivity index (χ0v) is 13.3. The van der Waals surface area contributed by atoms with Crippen molar-refractivity contribution < 1.29 is 13.3 Å². The van der Waals surface area contributed by atoms with Gasteiger partial charge in [-0.05, 0) is 55.5 Å². The summed E-state index contributed by atoms with van der Waals surface area (Å²) in [5, 5.41) is 4.09. The van der Waals surface area contributed by atoms with Crippen LogP contribution in [0.4, 0.5) is 8.78 Å². The third-order valence-corrected chi connectivity index (χ3v) is 3.94. The normalized spacial score (nSPS) is 11.0. The van der Waals surface area contributed by atoms with Gasteiger partial charge in [0.15, 0.2) is 0 Å². The molecule has 6 heteroatoms. The van der Waals surface area contributed by atoms with Crippen LogP contribution in [0.3, 0.4) is 0 Å². The lowest BCUT2D eigenvalue weighted by molar-refractivity contribution is 0.400. The fraction of sp³-hybridized carbons (Fsp3) is 0.0526. The van der Waals surface area contributed by atoms with Crippen LogP contribution in [0.1, 0.15) is 5.76 Å². The van der Waals surface area contributed by atoms with Crippen LogP contribution in [0.2, 0.25) is 0 Å². The Morgan fingerprint density at radius 3 is 2.24 bits per heavy atom. The van der Waals surface area contributed by atoms with Gasteiger partial charge in [0.2, 0.25) is 0 Å². The summed E-state index contributed by atoms with van der Waals surface area (Å²) in [7, 11) is 0. The van der Waals surface area contributed by atoms with E-state index in [1.807, 2.05) is 6.20 Å². The molecule has 4 aromatic rings. The molecule has 25 heavy (non-hydrogen) atoms. The molecule has 2 aromatic heterocycles. The van der Waals surface area contributed by atoms with Gasteiger partial charge in [-0.2, -0.15) is 0 Å². The number of hydrogen-bond acceptors (Lipinski definition) is 3. The van der Waals surface area contributed by atoms with Crippen molar-refractivity contribution in [3.63, 3.8) is 0 Å². The molecule has 2 heterocycles. The molecule has 0 amide bonds. The zero-order chi connectivity index (χ0) is 17.4. The van der Waals surface area contributed by atoms with E-state index >= 15 is 0 Å². The molecule has 124 valence electrons. The summed E-state index contributed by atoms with van der Waals surface area (Å²) in [6, 6.07) is 12.2. The molecule has 0 fully saturated rings. The van der Waals surface area contributed by atoms with Gasteiger partial charge in [-0.15, -0.1) is 0 Å². The minimum absolute atomic E-state index is 0.294. The van der Waals surface area contributed by atoms with Crippen LogP contribution in [0.15, 0.2) is 65.6 Å². The van der Waals surface area contributed by atoms with Crippen LogP contribution < -0.4 is 0 Å². The Labute approximate surface area is 142 Å². The van der Waals surface area contributed by atoms with E-state index in [0.29, 0.717) is 17.1 Å². The summed E-state index contributed by atoms with van der Waals surface area (Å²) in [6.45, 7) is 1.80. The Kier molecular flexibility index (Phi) is 3.65. The minimum atomic E-state index is -0.314. The fourth-order valence-electron chi connectivity index (χ4n) is 2.68. The van der Waals surface area contributed by atoms with Crippen LogP contribution in [0.25, 0.3) is 28.2 Å². The maximum absolute atomic E-state index is 13.2. The maximum Gasteiger partial charge on any atom is 0.143 e. The first-order valence-corrected chi connectivity index (χ1v) is 7.64. The number of aryl methyl sites for hydroxylation is 1. The molecule has 4 rings (SSSR count). The first kappa shape index (κ1) is 15.3. The van der Waals surface area contributed by atoms with E-state index in [9.17, 15) is 8.78 Å². The summed E-state index contributed by atoms with van der Waals surface area (Å²) in [5.74, 6) is 0.00681. The van der Waals surface area contributed by atoms with Gasteiger partial charge in [-0.25, -0.2) is 13.8 Å². The Balaban J connectivity index is 1.77. The Hall–Kier alpha value is -3.28. The Bertz CT molecular complexity index is 1020. The van der Waals surface area contributed by atoms with E-state index in [0.717, 1.165) is 16.8 Å². The molecule has 4 nitrogen and oxygen atoms in total. The summed E-state index contributed by atoms with van der Waals surface area (Å²) in [4.78, 5) is 4.42. The second-order valence-electron chi connectivity index (χ2n) is 5.61. The molecule has 0 spiro atoms. The smallest absolute Gasteiger partial charge is 0.143 e. The Morgan fingerprint density at radius 1 is 0.920 bits per heavy atom. The highest BCUT2D eigenvalue weighted by molar-refractivity contribution is 5.80. The summed E-state index contributed by atoms with van der Waals surface area (Å²) in [6.07, 6.45) is 3.46. The Morgan fingerprint density at radius 2 is 1.56 bits per heavy atom. The van der Waals surface area contributed by atoms with Crippen molar-refractivity contribution >= 4 is 0 Å². The van der Waals surface area contributed by atoms with E-state index < -0.39 is 0 Å². The van der Waals surface area contributed by atoms with Gasteiger partial charge >= 0.3 is 0 Å². The van der Waals surface area contributed by atoms with Crippen LogP contribution in [-0.2, 0) is 0 Å². The van der Waals surface area contributed by atoms with Crippen molar-refractivity contribution in [2.75, 3.05) is 0 Å². The number of imidazole rings is 1. The van der Waals surface area contributed by atoms with Gasteiger partial charge in [-0.3, -0.25) is 0 Å². The second kappa shape index (κ2) is 5.98. The van der Waals surface area contributed by atoms with E-state index in [1.165, 1.54) is 24.3 Å². The van der Waals surface area contributed by atoms with Gasteiger partial charge in [0.1, 0.15) is 23.1 Å². The lowest BCUT2D eigenvalue weighted by Crippen LogP contribution is -1.89. The highest BCUT2D eigenvalue weighted by Gasteiger charge is 2.19. The molecule has 0 saturated carbocycles. The molecular formula is C19H13F2N3O. The fourth-order valence-corrected chi connectivity index (χ4v) is 2.68. The molecule has 0 aliphatic carbocycles. The molecule has 0 atom stereocenters. The highest BCUT2D eigenvalue weighted by Crippen LogP contribution is 2.33. The standard InChI is InChI=1S/C19H13F2N3O/c1-12-18(19(23-25-12)13-2-4-14(20)5-3-13)17-10-24(11-22-17)16-8-6-15(21)7-9-16/h2-11H,1H3. The van der Waals surface area contributed by atoms with Gasteiger partial charge in [0.05, 0.1) is 17.6 Å². The van der Waals surface area contributed by atoms with E-state index in [-0.39, 0.29) is 11.6 Å². The van der Waals surface area contributed by atoms with E-state index in [1.54, 1.807) is 42.1 Å². The predicted octanol–water partition coefficient (Wildman–Crippen LogP) is 4.78. The number of rotatable bonds is 3. The predicted molar refractivity (Wildman–Crippen MR) is 89.2 cm³/mol. The van der Waals surface area contributed by atoms with Crippen LogP contribution in [-0.4, -0.2) is 14.7 Å². The van der Waals surface area contributed by atoms with E-state index in [2.05, 4.69) is 10.1 Å². The molecule has 0 bridgehead atoms. The molecule has 0 unspecified atom stereocenters. The average molecular weight is 337 g/mol. The van der Waals surface area contributed by atoms with Gasteiger partial charge < -0.3 is 9.09 Å². The van der Waals surface area contributed by atoms with Crippen LogP contribution in [0.5, 0.6) is 0 Å². The SMILES string of the molecule is Cc1onc(-c2ccc(F)cc2)c1-c1cn(-c2ccc(F)cc2)cn1. The monoisotopic (exact) mass is 337 g/mol. The third kappa shape index (κ3) is 2.82. The molecule has 0 saturated heterocycles. The van der Waals surface area contributed by atoms with E-state index in [4.69, 9.17) is 4.52 Å². The molecule has 0 aliphatic rings. The van der Waals surface area contributed by atoms with Gasteiger partial charge in [0, 0.05) is 17.4 Å². The van der Waals surface area contributed by atoms with Crippen molar-refractivity contribution in [1.82, 2.24) is 14.7 Å². The van der Waals surface area contributed by atoms with Crippen LogP contribution in [0, 0.1) is 18.6 Å². The highest BCUT2D eigenvalue weighted by atomic mass is 19.1. The first-order valence-electron chi connectivity index (χ1n) is 7.64. The van der Waals surface area contributed by atoms with Crippen molar-refractivity contribution in [1.29, 1.82) is 0 Å². The van der Waals surface area contributed by atoms with Crippen molar-refractivity contribution in [3.05, 3.63) is 78.4 Å². The molecule has 0 N–H and O–H groups in total. The number of benzene rings is 2. The molecule has 2 aromatic carbocycles. The quantitative estimate of drug-likeness (QED) is 0.540. The lowest BCUT2D eigenvalue weighted by atomic mass is 10.0. The zero-order valence-electron chi connectivity index (χ0n) is 13.3. The third-order valence-electron chi connectivity index (χ3n) is 3.94. The molecule has 0 aliphatic heterocycles. The number of aromatic nitrogens is 3. The topological polar surface area (TPSA) is 43.9 Å². The minimum Gasteiger partial charge on any atom is -0.360 e. The summed E-state index contributed by atoms with van der Waals surface area (Å²) >= 11 is 0. The van der Waals surface area contributed by atoms with Crippen LogP contribution >= 0.6 is 0 Å². The number of hydrogen-bond donors (Lipinski definition) is 0. The van der Waals surface area contributed by atoms with Gasteiger partial charge in [0.25, 0.3) is 0 Å².